The quantitative estimate of drug-likeness (QED) is 0.0211. The zero-order valence-electron chi connectivity index (χ0n) is 53.4. The number of nitrogens with zero attached hydrogens (tertiary/aromatic N) is 1. The number of quaternary nitrogens is 1. The minimum Gasteiger partial charge on any atom is -0.477 e. The Labute approximate surface area is 517 Å². The molecule has 0 radical (unpaired) electrons. The third-order valence-electron chi connectivity index (χ3n) is 12.2. The average Bonchev–Trinajstić information content (AvgIpc) is 3.49. The van der Waals surface area contributed by atoms with Crippen LogP contribution in [-0.4, -0.2) is 87.4 Å². The summed E-state index contributed by atoms with van der Waals surface area (Å²) in [6.45, 7) is 4.48. The van der Waals surface area contributed by atoms with Crippen LogP contribution in [-0.2, 0) is 33.3 Å². The molecule has 0 aromatic heterocycles. The Kier molecular flexibility index (Phi) is 58.8. The van der Waals surface area contributed by atoms with E-state index in [0.29, 0.717) is 23.9 Å². The first-order chi connectivity index (χ1) is 41.6. The Morgan fingerprint density at radius 1 is 0.353 bits per heavy atom. The number of hydrogen-bond donors (Lipinski definition) is 1. The molecule has 0 spiro atoms. The summed E-state index contributed by atoms with van der Waals surface area (Å²) in [4.78, 5) is 37.4. The molecule has 0 heterocycles. The lowest BCUT2D eigenvalue weighted by atomic mass is 10.1. The molecule has 0 saturated heterocycles. The molecule has 85 heavy (non-hydrogen) atoms. The third-order valence-corrected chi connectivity index (χ3v) is 12.2. The van der Waals surface area contributed by atoms with Crippen molar-refractivity contribution in [1.29, 1.82) is 0 Å². The summed E-state index contributed by atoms with van der Waals surface area (Å²) in [6, 6.07) is 0. The van der Waals surface area contributed by atoms with E-state index in [-0.39, 0.29) is 32.7 Å². The highest BCUT2D eigenvalue weighted by molar-refractivity contribution is 5.71. The van der Waals surface area contributed by atoms with E-state index in [2.05, 4.69) is 220 Å². The van der Waals surface area contributed by atoms with Gasteiger partial charge in [-0.3, -0.25) is 9.59 Å². The molecule has 0 saturated carbocycles. The fraction of sp³-hybridized carbons (Fsp3) is 0.487. The van der Waals surface area contributed by atoms with Crippen LogP contribution < -0.4 is 0 Å². The van der Waals surface area contributed by atoms with Crippen LogP contribution in [0.1, 0.15) is 181 Å². The number of carbonyl (C=O) groups excluding carboxylic acids is 2. The number of likely N-dealkylation sites (N-methyl/N-ethyl adjacent to an activating group) is 1. The molecule has 0 rings (SSSR count). The average molecular weight is 1170 g/mol. The van der Waals surface area contributed by atoms with Gasteiger partial charge in [-0.1, -0.05) is 245 Å². The zero-order valence-corrected chi connectivity index (χ0v) is 53.4. The summed E-state index contributed by atoms with van der Waals surface area (Å²) in [7, 11) is 5.92. The van der Waals surface area contributed by atoms with E-state index in [9.17, 15) is 19.5 Å². The third kappa shape index (κ3) is 65.0. The van der Waals surface area contributed by atoms with Crippen LogP contribution >= 0.6 is 0 Å². The van der Waals surface area contributed by atoms with Crippen LogP contribution in [0.5, 0.6) is 0 Å². The van der Waals surface area contributed by atoms with Gasteiger partial charge in [0.15, 0.2) is 6.10 Å². The normalized spacial score (nSPS) is 14.2. The minimum absolute atomic E-state index is 0.157. The lowest BCUT2D eigenvalue weighted by molar-refractivity contribution is -0.870. The Balaban J connectivity index is 4.35. The number of hydrogen-bond acceptors (Lipinski definition) is 7. The van der Waals surface area contributed by atoms with E-state index in [0.717, 1.165) is 141 Å². The summed E-state index contributed by atoms with van der Waals surface area (Å²) >= 11 is 0. The lowest BCUT2D eigenvalue weighted by Gasteiger charge is -2.25. The Morgan fingerprint density at radius 3 is 0.976 bits per heavy atom. The largest absolute Gasteiger partial charge is 0.477 e. The van der Waals surface area contributed by atoms with Gasteiger partial charge in [0.1, 0.15) is 13.2 Å². The maximum atomic E-state index is 12.9. The number of esters is 2. The molecule has 2 unspecified atom stereocenters. The first-order valence-corrected chi connectivity index (χ1v) is 31.9. The number of ether oxygens (including phenoxy) is 4. The van der Waals surface area contributed by atoms with Crippen LogP contribution in [0.4, 0.5) is 0 Å². The molecule has 0 aromatic carbocycles. The van der Waals surface area contributed by atoms with Crippen molar-refractivity contribution < 1.29 is 42.9 Å². The highest BCUT2D eigenvalue weighted by atomic mass is 16.7. The number of rotatable bonds is 55. The Hall–Kier alpha value is -6.39. The molecule has 470 valence electrons. The second-order valence-corrected chi connectivity index (χ2v) is 21.2. The molecule has 0 aliphatic rings. The van der Waals surface area contributed by atoms with Crippen molar-refractivity contribution in [3.8, 4) is 0 Å². The van der Waals surface area contributed by atoms with Gasteiger partial charge in [-0.15, -0.1) is 0 Å². The molecule has 0 aliphatic carbocycles. The maximum absolute atomic E-state index is 12.9. The monoisotopic (exact) mass is 1170 g/mol. The summed E-state index contributed by atoms with van der Waals surface area (Å²) in [5.41, 5.74) is 0. The fourth-order valence-corrected chi connectivity index (χ4v) is 7.43. The van der Waals surface area contributed by atoms with Crippen molar-refractivity contribution in [2.24, 2.45) is 0 Å². The van der Waals surface area contributed by atoms with Crippen LogP contribution in [0.15, 0.2) is 219 Å². The van der Waals surface area contributed by atoms with Gasteiger partial charge in [0.25, 0.3) is 6.29 Å². The number of carboxylic acid groups (broad SMARTS) is 1. The molecule has 0 aliphatic heterocycles. The first-order valence-electron chi connectivity index (χ1n) is 31.9. The van der Waals surface area contributed by atoms with Crippen molar-refractivity contribution >= 4 is 17.9 Å². The summed E-state index contributed by atoms with van der Waals surface area (Å²) < 4.78 is 22.7. The fourth-order valence-electron chi connectivity index (χ4n) is 7.43. The molecule has 0 fully saturated rings. The molecule has 9 heteroatoms. The van der Waals surface area contributed by atoms with Crippen LogP contribution in [0, 0.1) is 0 Å². The Bertz CT molecular complexity index is 2190. The number of aliphatic carboxylic acids is 1. The van der Waals surface area contributed by atoms with Crippen molar-refractivity contribution in [1.82, 2.24) is 0 Å². The van der Waals surface area contributed by atoms with Gasteiger partial charge in [0, 0.05) is 12.8 Å². The van der Waals surface area contributed by atoms with Crippen LogP contribution in [0.2, 0.25) is 0 Å². The molecule has 9 nitrogen and oxygen atoms in total. The molecule has 0 bridgehead atoms. The summed E-state index contributed by atoms with van der Waals surface area (Å²) in [5, 5.41) is 9.71. The second-order valence-electron chi connectivity index (χ2n) is 21.2. The van der Waals surface area contributed by atoms with Gasteiger partial charge in [-0.05, 0) is 141 Å². The van der Waals surface area contributed by atoms with Crippen molar-refractivity contribution in [2.75, 3.05) is 47.5 Å². The van der Waals surface area contributed by atoms with Gasteiger partial charge >= 0.3 is 17.9 Å². The van der Waals surface area contributed by atoms with E-state index in [1.807, 2.05) is 33.3 Å². The second kappa shape index (κ2) is 63.6. The van der Waals surface area contributed by atoms with Crippen LogP contribution in [0.3, 0.4) is 0 Å². The standard InChI is InChI=1S/C76H113NO8/c1-6-8-10-12-14-16-18-20-22-24-26-27-28-29-30-31-32-33-34-35-36-37-38-39-40-41-42-43-44-45-46-47-49-51-53-55-57-59-61-63-65-67-74(79)85-72(71-84-76(75(80)81)82-69-68-77(3,4)5)70-83-73(78)66-64-62-60-58-56-54-52-50-48-25-23-21-19-17-15-13-11-9-7-2/h8-11,14-17,20-23,26-27,29-30,32-33,35-36,38-39,41-42,44-45,47-50,53-56,60,62,72,76H,6-7,12-13,18-19,24-25,28,31,34,37,40,43,46,51-52,57-59,61,63-71H2,1-5H3/p+1/b10-8-,11-9-,16-14-,17-15-,22-20-,23-21-,27-26-,30-29-,33-32-,36-35-,39-38-,42-41-,45-44-,49-47-,50-48-,55-53-,56-54-,62-60-. The van der Waals surface area contributed by atoms with E-state index in [4.69, 9.17) is 18.9 Å². The van der Waals surface area contributed by atoms with E-state index >= 15 is 0 Å². The van der Waals surface area contributed by atoms with Crippen molar-refractivity contribution in [3.63, 3.8) is 0 Å². The number of unbranched alkanes of at least 4 members (excludes halogenated alkanes) is 4. The molecular formula is C76H114NO8+. The topological polar surface area (TPSA) is 108 Å². The van der Waals surface area contributed by atoms with Crippen molar-refractivity contribution in [3.05, 3.63) is 219 Å². The molecule has 0 aromatic rings. The summed E-state index contributed by atoms with van der Waals surface area (Å²) in [5.74, 6) is -2.18. The highest BCUT2D eigenvalue weighted by Gasteiger charge is 2.25. The maximum Gasteiger partial charge on any atom is 0.361 e. The van der Waals surface area contributed by atoms with E-state index < -0.39 is 30.3 Å². The van der Waals surface area contributed by atoms with Gasteiger partial charge < -0.3 is 28.5 Å². The predicted molar refractivity (Wildman–Crippen MR) is 363 cm³/mol. The minimum atomic E-state index is -1.55. The molecule has 2 atom stereocenters. The van der Waals surface area contributed by atoms with E-state index in [1.54, 1.807) is 0 Å². The smallest absolute Gasteiger partial charge is 0.361 e. The number of carboxylic acids is 1. The molecule has 0 amide bonds. The summed E-state index contributed by atoms with van der Waals surface area (Å²) in [6.07, 6.45) is 99.1. The predicted octanol–water partition coefficient (Wildman–Crippen LogP) is 19.8. The molecule has 1 N–H and O–H groups in total. The van der Waals surface area contributed by atoms with E-state index in [1.165, 1.54) is 0 Å². The Morgan fingerprint density at radius 2 is 0.659 bits per heavy atom. The van der Waals surface area contributed by atoms with Crippen LogP contribution in [0.25, 0.3) is 0 Å². The van der Waals surface area contributed by atoms with Gasteiger partial charge in [-0.2, -0.15) is 0 Å². The van der Waals surface area contributed by atoms with Gasteiger partial charge in [0.2, 0.25) is 0 Å². The highest BCUT2D eigenvalue weighted by Crippen LogP contribution is 2.11. The zero-order chi connectivity index (χ0) is 61.9. The van der Waals surface area contributed by atoms with Gasteiger partial charge in [0.05, 0.1) is 34.4 Å². The number of allylic oxidation sites excluding steroid dienone is 36. The first kappa shape index (κ1) is 78.6. The lowest BCUT2D eigenvalue weighted by Crippen LogP contribution is -2.40. The van der Waals surface area contributed by atoms with Crippen molar-refractivity contribution in [2.45, 2.75) is 193 Å². The SMILES string of the molecule is CC/C=C\C/C=C\C/C=C\C/C=C\C/C=C\C/C=C\C/C=C\C/C=C\C/C=C\C/C=C\C/C=C\C/C=C\CCCCCCC(=O)OC(COC(=O)CC/C=C\C/C=C\C/C=C\C/C=C\C/C=C\C/C=C\CC)COC(OCC[N+](C)(C)C)C(=O)O. The molecular weight excluding hydrogens is 1050 g/mol. The number of carbonyl (C=O) groups is 3. The van der Waals surface area contributed by atoms with Gasteiger partial charge in [-0.25, -0.2) is 4.79 Å².